The summed E-state index contributed by atoms with van der Waals surface area (Å²) in [5.41, 5.74) is 6.53. The Labute approximate surface area is 118 Å². The van der Waals surface area contributed by atoms with E-state index in [4.69, 9.17) is 5.73 Å². The number of carbonyl (C=O) groups excluding carboxylic acids is 1. The lowest BCUT2D eigenvalue weighted by Gasteiger charge is -2.14. The lowest BCUT2D eigenvalue weighted by atomic mass is 10.1. The topological polar surface area (TPSA) is 55.1 Å². The molecule has 0 aliphatic carbocycles. The molecule has 0 spiro atoms. The van der Waals surface area contributed by atoms with Gasteiger partial charge in [0, 0.05) is 6.04 Å². The smallest absolute Gasteiger partial charge is 0.230 e. The Kier molecular flexibility index (Phi) is 6.87. The summed E-state index contributed by atoms with van der Waals surface area (Å²) in [6.07, 6.45) is 0.908. The van der Waals surface area contributed by atoms with Crippen molar-refractivity contribution in [1.29, 1.82) is 0 Å². The molecular weight excluding hydrogens is 263 g/mol. The zero-order valence-corrected chi connectivity index (χ0v) is 12.2. The molecule has 0 bridgehead atoms. The first-order valence-corrected chi connectivity index (χ1v) is 7.52. The zero-order chi connectivity index (χ0) is 14.3. The van der Waals surface area contributed by atoms with Gasteiger partial charge < -0.3 is 11.1 Å². The number of thioether (sulfide) groups is 1. The van der Waals surface area contributed by atoms with E-state index in [1.807, 2.05) is 13.8 Å². The number of amides is 1. The second kappa shape index (κ2) is 8.17. The van der Waals surface area contributed by atoms with Crippen molar-refractivity contribution >= 4 is 17.7 Å². The van der Waals surface area contributed by atoms with Gasteiger partial charge in [-0.05, 0) is 43.7 Å². The summed E-state index contributed by atoms with van der Waals surface area (Å²) < 4.78 is 12.8. The fraction of sp³-hybridized carbons (Fsp3) is 0.500. The first-order chi connectivity index (χ1) is 8.99. The third kappa shape index (κ3) is 6.59. The highest BCUT2D eigenvalue weighted by molar-refractivity contribution is 7.99. The first kappa shape index (κ1) is 16.0. The minimum Gasteiger partial charge on any atom is -0.349 e. The third-order valence-electron chi connectivity index (χ3n) is 2.70. The lowest BCUT2D eigenvalue weighted by Crippen LogP contribution is -2.28. The van der Waals surface area contributed by atoms with Crippen molar-refractivity contribution in [2.75, 3.05) is 11.5 Å². The summed E-state index contributed by atoms with van der Waals surface area (Å²) >= 11 is 1.58. The average molecular weight is 284 g/mol. The maximum absolute atomic E-state index is 12.8. The fourth-order valence-corrected chi connectivity index (χ4v) is 2.50. The highest BCUT2D eigenvalue weighted by Gasteiger charge is 2.09. The molecule has 0 aliphatic rings. The van der Waals surface area contributed by atoms with Crippen LogP contribution in [0.3, 0.4) is 0 Å². The van der Waals surface area contributed by atoms with Crippen LogP contribution in [0, 0.1) is 5.82 Å². The molecule has 106 valence electrons. The predicted octanol–water partition coefficient (Wildman–Crippen LogP) is 2.47. The Bertz CT molecular complexity index is 395. The van der Waals surface area contributed by atoms with E-state index in [1.54, 1.807) is 23.9 Å². The summed E-state index contributed by atoms with van der Waals surface area (Å²) in [4.78, 5) is 11.7. The van der Waals surface area contributed by atoms with Crippen molar-refractivity contribution in [1.82, 2.24) is 5.32 Å². The molecule has 2 unspecified atom stereocenters. The van der Waals surface area contributed by atoms with E-state index in [9.17, 15) is 9.18 Å². The second-order valence-corrected chi connectivity index (χ2v) is 5.76. The van der Waals surface area contributed by atoms with Crippen LogP contribution >= 0.6 is 11.8 Å². The van der Waals surface area contributed by atoms with Gasteiger partial charge in [-0.2, -0.15) is 11.8 Å². The van der Waals surface area contributed by atoms with Crippen LogP contribution in [-0.4, -0.2) is 23.5 Å². The van der Waals surface area contributed by atoms with Gasteiger partial charge in [-0.1, -0.05) is 12.1 Å². The fourth-order valence-electron chi connectivity index (χ4n) is 1.55. The Morgan fingerprint density at radius 3 is 2.58 bits per heavy atom. The average Bonchev–Trinajstić information content (AvgIpc) is 2.35. The Balaban J connectivity index is 2.29. The maximum Gasteiger partial charge on any atom is 0.230 e. The molecule has 0 radical (unpaired) electrons. The van der Waals surface area contributed by atoms with Crippen LogP contribution in [0.25, 0.3) is 0 Å². The first-order valence-electron chi connectivity index (χ1n) is 6.37. The number of benzene rings is 1. The van der Waals surface area contributed by atoms with Crippen LogP contribution in [-0.2, 0) is 4.79 Å². The minimum atomic E-state index is -0.270. The summed E-state index contributed by atoms with van der Waals surface area (Å²) in [7, 11) is 0. The van der Waals surface area contributed by atoms with Crippen LogP contribution in [0.5, 0.6) is 0 Å². The van der Waals surface area contributed by atoms with E-state index in [1.165, 1.54) is 12.1 Å². The van der Waals surface area contributed by atoms with Gasteiger partial charge >= 0.3 is 0 Å². The molecule has 0 saturated heterocycles. The van der Waals surface area contributed by atoms with E-state index < -0.39 is 0 Å². The van der Waals surface area contributed by atoms with Crippen molar-refractivity contribution < 1.29 is 9.18 Å². The third-order valence-corrected chi connectivity index (χ3v) is 3.69. The molecule has 2 atom stereocenters. The van der Waals surface area contributed by atoms with E-state index in [2.05, 4.69) is 5.32 Å². The monoisotopic (exact) mass is 284 g/mol. The van der Waals surface area contributed by atoms with E-state index in [-0.39, 0.29) is 23.8 Å². The highest BCUT2D eigenvalue weighted by Crippen LogP contribution is 2.13. The second-order valence-electron chi connectivity index (χ2n) is 4.66. The largest absolute Gasteiger partial charge is 0.349 e. The Hall–Kier alpha value is -1.07. The SMILES string of the molecule is CC(N)CCSCC(=O)NC(C)c1ccc(F)cc1. The summed E-state index contributed by atoms with van der Waals surface area (Å²) in [5, 5.41) is 2.89. The minimum absolute atomic E-state index is 0.00787. The summed E-state index contributed by atoms with van der Waals surface area (Å²) in [5.74, 6) is 1.04. The molecule has 1 rings (SSSR count). The Morgan fingerprint density at radius 1 is 1.37 bits per heavy atom. The molecule has 0 aromatic heterocycles. The van der Waals surface area contributed by atoms with Crippen LogP contribution in [0.1, 0.15) is 31.9 Å². The molecule has 1 aromatic carbocycles. The molecule has 1 amide bonds. The van der Waals surface area contributed by atoms with E-state index in [0.717, 1.165) is 17.7 Å². The molecule has 3 N–H and O–H groups in total. The van der Waals surface area contributed by atoms with Crippen molar-refractivity contribution in [3.05, 3.63) is 35.6 Å². The zero-order valence-electron chi connectivity index (χ0n) is 11.4. The lowest BCUT2D eigenvalue weighted by molar-refractivity contribution is -0.119. The van der Waals surface area contributed by atoms with Gasteiger partial charge in [0.25, 0.3) is 0 Å². The standard InChI is InChI=1S/C14H21FN2OS/c1-10(16)7-8-19-9-14(18)17-11(2)12-3-5-13(15)6-4-12/h3-6,10-11H,7-9,16H2,1-2H3,(H,17,18). The molecule has 1 aromatic rings. The van der Waals surface area contributed by atoms with Crippen molar-refractivity contribution in [3.63, 3.8) is 0 Å². The molecule has 5 heteroatoms. The number of rotatable bonds is 7. The number of hydrogen-bond acceptors (Lipinski definition) is 3. The molecule has 3 nitrogen and oxygen atoms in total. The van der Waals surface area contributed by atoms with Crippen molar-refractivity contribution in [2.24, 2.45) is 5.73 Å². The maximum atomic E-state index is 12.8. The van der Waals surface area contributed by atoms with Crippen LogP contribution in [0.4, 0.5) is 4.39 Å². The molecule has 0 heterocycles. The van der Waals surface area contributed by atoms with Crippen LogP contribution in [0.2, 0.25) is 0 Å². The quantitative estimate of drug-likeness (QED) is 0.756. The number of carbonyl (C=O) groups is 1. The summed E-state index contributed by atoms with van der Waals surface area (Å²) in [6, 6.07) is 6.23. The summed E-state index contributed by atoms with van der Waals surface area (Å²) in [6.45, 7) is 3.84. The van der Waals surface area contributed by atoms with Gasteiger partial charge in [-0.15, -0.1) is 0 Å². The highest BCUT2D eigenvalue weighted by atomic mass is 32.2. The molecular formula is C14H21FN2OS. The van der Waals surface area contributed by atoms with Gasteiger partial charge in [-0.3, -0.25) is 4.79 Å². The number of nitrogens with one attached hydrogen (secondary N) is 1. The van der Waals surface area contributed by atoms with Gasteiger partial charge in [-0.25, -0.2) is 4.39 Å². The van der Waals surface area contributed by atoms with Gasteiger partial charge in [0.05, 0.1) is 11.8 Å². The normalized spacial score (nSPS) is 13.9. The van der Waals surface area contributed by atoms with Gasteiger partial charge in [0.2, 0.25) is 5.91 Å². The number of nitrogens with two attached hydrogens (primary N) is 1. The van der Waals surface area contributed by atoms with E-state index >= 15 is 0 Å². The van der Waals surface area contributed by atoms with Crippen molar-refractivity contribution in [3.8, 4) is 0 Å². The van der Waals surface area contributed by atoms with Crippen molar-refractivity contribution in [2.45, 2.75) is 32.4 Å². The van der Waals surface area contributed by atoms with Gasteiger partial charge in [0.15, 0.2) is 0 Å². The van der Waals surface area contributed by atoms with Gasteiger partial charge in [0.1, 0.15) is 5.82 Å². The predicted molar refractivity (Wildman–Crippen MR) is 78.5 cm³/mol. The van der Waals surface area contributed by atoms with E-state index in [0.29, 0.717) is 5.75 Å². The molecule has 0 saturated carbocycles. The Morgan fingerprint density at radius 2 is 2.00 bits per heavy atom. The molecule has 0 fully saturated rings. The number of halogens is 1. The molecule has 19 heavy (non-hydrogen) atoms. The van der Waals surface area contributed by atoms with Crippen LogP contribution < -0.4 is 11.1 Å². The van der Waals surface area contributed by atoms with Crippen LogP contribution in [0.15, 0.2) is 24.3 Å². The molecule has 0 aliphatic heterocycles. The number of hydrogen-bond donors (Lipinski definition) is 2.